The Hall–Kier alpha value is -2.56. The lowest BCUT2D eigenvalue weighted by molar-refractivity contribution is 0.0951. The highest BCUT2D eigenvalue weighted by Gasteiger charge is 2.25. The molecular weight excluding hydrogens is 309 g/mol. The Morgan fingerprint density at radius 3 is 2.50 bits per heavy atom. The van der Waals surface area contributed by atoms with Crippen LogP contribution >= 0.6 is 0 Å². The first-order chi connectivity index (χ1) is 11.6. The predicted molar refractivity (Wildman–Crippen MR) is 89.3 cm³/mol. The fourth-order valence-electron chi connectivity index (χ4n) is 3.15. The minimum Gasteiger partial charge on any atom is -0.493 e. The van der Waals surface area contributed by atoms with Gasteiger partial charge in [-0.2, -0.15) is 0 Å². The molecule has 0 saturated carbocycles. The highest BCUT2D eigenvalue weighted by atomic mass is 19.1. The molecule has 126 valence electrons. The fraction of sp³-hybridized carbons (Fsp3) is 0.316. The van der Waals surface area contributed by atoms with Crippen LogP contribution in [0, 0.1) is 5.82 Å². The Balaban J connectivity index is 1.70. The molecule has 1 N–H and O–H groups in total. The van der Waals surface area contributed by atoms with Gasteiger partial charge in [0.2, 0.25) is 0 Å². The highest BCUT2D eigenvalue weighted by molar-refractivity contribution is 5.94. The van der Waals surface area contributed by atoms with Gasteiger partial charge in [0.15, 0.2) is 11.5 Å². The first kappa shape index (κ1) is 16.3. The van der Waals surface area contributed by atoms with E-state index < -0.39 is 0 Å². The molecule has 5 heteroatoms. The molecule has 1 unspecified atom stereocenters. The molecule has 2 aromatic rings. The van der Waals surface area contributed by atoms with Gasteiger partial charge in [-0.1, -0.05) is 0 Å². The largest absolute Gasteiger partial charge is 0.493 e. The van der Waals surface area contributed by atoms with Gasteiger partial charge >= 0.3 is 0 Å². The summed E-state index contributed by atoms with van der Waals surface area (Å²) in [7, 11) is 3.24. The molecule has 0 aromatic heterocycles. The Morgan fingerprint density at radius 1 is 1.17 bits per heavy atom. The van der Waals surface area contributed by atoms with Crippen LogP contribution in [0.15, 0.2) is 36.4 Å². The third kappa shape index (κ3) is 3.20. The van der Waals surface area contributed by atoms with Crippen LogP contribution in [0.25, 0.3) is 0 Å². The number of hydrogen-bond acceptors (Lipinski definition) is 3. The normalized spacial score (nSPS) is 15.7. The molecule has 0 fully saturated rings. The first-order valence-electron chi connectivity index (χ1n) is 7.91. The molecular formula is C19H20FNO3. The summed E-state index contributed by atoms with van der Waals surface area (Å²) in [4.78, 5) is 12.2. The summed E-state index contributed by atoms with van der Waals surface area (Å²) in [6.45, 7) is 0.540. The van der Waals surface area contributed by atoms with Gasteiger partial charge in [0, 0.05) is 18.0 Å². The standard InChI is InChI=1S/C19H20FNO3/c1-23-17-9-13-3-4-14(16(13)10-18(17)24-2)11-21-19(22)12-5-7-15(20)8-6-12/h5-10,14H,3-4,11H2,1-2H3,(H,21,22). The van der Waals surface area contributed by atoms with Gasteiger partial charge in [0.1, 0.15) is 5.82 Å². The summed E-state index contributed by atoms with van der Waals surface area (Å²) in [6, 6.07) is 9.56. The lowest BCUT2D eigenvalue weighted by Gasteiger charge is -2.15. The van der Waals surface area contributed by atoms with Crippen molar-refractivity contribution >= 4 is 5.91 Å². The van der Waals surface area contributed by atoms with E-state index in [1.807, 2.05) is 12.1 Å². The van der Waals surface area contributed by atoms with E-state index >= 15 is 0 Å². The van der Waals surface area contributed by atoms with Crippen LogP contribution in [-0.2, 0) is 6.42 Å². The van der Waals surface area contributed by atoms with Gasteiger partial charge in [0.05, 0.1) is 14.2 Å². The predicted octanol–water partition coefficient (Wildman–Crippen LogP) is 3.30. The maximum Gasteiger partial charge on any atom is 0.251 e. The summed E-state index contributed by atoms with van der Waals surface area (Å²) in [5.41, 5.74) is 2.88. The Morgan fingerprint density at radius 2 is 1.83 bits per heavy atom. The van der Waals surface area contributed by atoms with Crippen molar-refractivity contribution in [1.29, 1.82) is 0 Å². The maximum atomic E-state index is 12.9. The molecule has 0 spiro atoms. The smallest absolute Gasteiger partial charge is 0.251 e. The number of aryl methyl sites for hydroxylation is 1. The van der Waals surface area contributed by atoms with E-state index in [4.69, 9.17) is 9.47 Å². The van der Waals surface area contributed by atoms with Crippen molar-refractivity contribution in [3.8, 4) is 11.5 Å². The van der Waals surface area contributed by atoms with E-state index in [1.54, 1.807) is 14.2 Å². The molecule has 24 heavy (non-hydrogen) atoms. The summed E-state index contributed by atoms with van der Waals surface area (Å²) >= 11 is 0. The van der Waals surface area contributed by atoms with Crippen LogP contribution in [0.4, 0.5) is 4.39 Å². The molecule has 3 rings (SSSR count). The number of rotatable bonds is 5. The molecule has 1 atom stereocenters. The molecule has 1 aliphatic rings. The van der Waals surface area contributed by atoms with Gasteiger partial charge < -0.3 is 14.8 Å². The Bertz CT molecular complexity index is 743. The van der Waals surface area contributed by atoms with Crippen molar-refractivity contribution in [2.24, 2.45) is 0 Å². The van der Waals surface area contributed by atoms with Crippen LogP contribution in [0.3, 0.4) is 0 Å². The zero-order chi connectivity index (χ0) is 17.1. The van der Waals surface area contributed by atoms with E-state index in [0.717, 1.165) is 18.6 Å². The maximum absolute atomic E-state index is 12.9. The van der Waals surface area contributed by atoms with Gasteiger partial charge in [-0.3, -0.25) is 4.79 Å². The summed E-state index contributed by atoms with van der Waals surface area (Å²) in [5, 5.41) is 2.93. The average Bonchev–Trinajstić information content (AvgIpc) is 3.00. The first-order valence-corrected chi connectivity index (χ1v) is 7.91. The van der Waals surface area contributed by atoms with Gasteiger partial charge in [0.25, 0.3) is 5.91 Å². The number of benzene rings is 2. The van der Waals surface area contributed by atoms with Crippen molar-refractivity contribution in [3.05, 3.63) is 58.9 Å². The monoisotopic (exact) mass is 329 g/mol. The molecule has 0 saturated heterocycles. The molecule has 0 aliphatic heterocycles. The van der Waals surface area contributed by atoms with Crippen LogP contribution in [0.1, 0.15) is 33.8 Å². The SMILES string of the molecule is COc1cc2c(cc1OC)C(CNC(=O)c1ccc(F)cc1)CC2. The molecule has 0 bridgehead atoms. The van der Waals surface area contributed by atoms with E-state index in [1.165, 1.54) is 35.4 Å². The molecule has 2 aromatic carbocycles. The Kier molecular flexibility index (Phi) is 4.69. The number of carbonyl (C=O) groups excluding carboxylic acids is 1. The highest BCUT2D eigenvalue weighted by Crippen LogP contribution is 2.40. The van der Waals surface area contributed by atoms with Crippen LogP contribution in [0.2, 0.25) is 0 Å². The second kappa shape index (κ2) is 6.91. The zero-order valence-corrected chi connectivity index (χ0v) is 13.8. The quantitative estimate of drug-likeness (QED) is 0.915. The third-order valence-electron chi connectivity index (χ3n) is 4.46. The molecule has 1 aliphatic carbocycles. The topological polar surface area (TPSA) is 47.6 Å². The summed E-state index contributed by atoms with van der Waals surface area (Å²) in [5.74, 6) is 1.13. The average molecular weight is 329 g/mol. The Labute approximate surface area is 140 Å². The lowest BCUT2D eigenvalue weighted by Crippen LogP contribution is -2.27. The van der Waals surface area contributed by atoms with Crippen LogP contribution in [-0.4, -0.2) is 26.7 Å². The summed E-state index contributed by atoms with van der Waals surface area (Å²) < 4.78 is 23.6. The van der Waals surface area contributed by atoms with Gasteiger partial charge in [-0.15, -0.1) is 0 Å². The van der Waals surface area contributed by atoms with Crippen LogP contribution < -0.4 is 14.8 Å². The molecule has 1 amide bonds. The lowest BCUT2D eigenvalue weighted by atomic mass is 10.0. The number of nitrogens with one attached hydrogen (secondary N) is 1. The number of halogens is 1. The van der Waals surface area contributed by atoms with Crippen LogP contribution in [0.5, 0.6) is 11.5 Å². The third-order valence-corrected chi connectivity index (χ3v) is 4.46. The van der Waals surface area contributed by atoms with Crippen molar-refractivity contribution in [1.82, 2.24) is 5.32 Å². The number of fused-ring (bicyclic) bond motifs is 1. The molecule has 4 nitrogen and oxygen atoms in total. The van der Waals surface area contributed by atoms with E-state index in [-0.39, 0.29) is 17.6 Å². The van der Waals surface area contributed by atoms with Crippen molar-refractivity contribution in [2.45, 2.75) is 18.8 Å². The number of amides is 1. The summed E-state index contributed by atoms with van der Waals surface area (Å²) in [6.07, 6.45) is 1.92. The van der Waals surface area contributed by atoms with E-state index in [0.29, 0.717) is 17.9 Å². The van der Waals surface area contributed by atoms with Crippen molar-refractivity contribution in [2.75, 3.05) is 20.8 Å². The zero-order valence-electron chi connectivity index (χ0n) is 13.8. The van der Waals surface area contributed by atoms with Crippen molar-refractivity contribution < 1.29 is 18.7 Å². The second-order valence-electron chi connectivity index (χ2n) is 5.86. The van der Waals surface area contributed by atoms with E-state index in [2.05, 4.69) is 5.32 Å². The minimum absolute atomic E-state index is 0.191. The van der Waals surface area contributed by atoms with Gasteiger partial charge in [-0.25, -0.2) is 4.39 Å². The van der Waals surface area contributed by atoms with E-state index in [9.17, 15) is 9.18 Å². The van der Waals surface area contributed by atoms with Crippen molar-refractivity contribution in [3.63, 3.8) is 0 Å². The van der Waals surface area contributed by atoms with Gasteiger partial charge in [-0.05, 0) is 60.4 Å². The number of methoxy groups -OCH3 is 2. The molecule has 0 heterocycles. The minimum atomic E-state index is -0.350. The number of carbonyl (C=O) groups is 1. The second-order valence-corrected chi connectivity index (χ2v) is 5.86. The molecule has 0 radical (unpaired) electrons. The fourth-order valence-corrected chi connectivity index (χ4v) is 3.15. The number of hydrogen-bond donors (Lipinski definition) is 1. The number of ether oxygens (including phenoxy) is 2.